The van der Waals surface area contributed by atoms with Crippen LogP contribution in [0, 0.1) is 5.92 Å². The fourth-order valence-electron chi connectivity index (χ4n) is 6.16. The number of benzene rings is 2. The molecule has 6 rings (SSSR count). The summed E-state index contributed by atoms with van der Waals surface area (Å²) >= 11 is 0. The van der Waals surface area contributed by atoms with Crippen LogP contribution in [0.4, 0.5) is 15.4 Å². The number of carbonyl (C=O) groups excluding carboxylic acids is 4. The zero-order valence-corrected chi connectivity index (χ0v) is 28.2. The Kier molecular flexibility index (Phi) is 9.18. The largest absolute Gasteiger partial charge is 0.497 e. The summed E-state index contributed by atoms with van der Waals surface area (Å²) in [4.78, 5) is 62.0. The number of amides is 4. The Hall–Kier alpha value is -5.59. The van der Waals surface area contributed by atoms with Crippen molar-refractivity contribution in [2.45, 2.75) is 65.4 Å². The molecule has 1 fully saturated rings. The Morgan fingerprint density at radius 3 is 2.37 bits per heavy atom. The number of methoxy groups -OCH3 is 1. The van der Waals surface area contributed by atoms with E-state index in [2.05, 4.69) is 15.2 Å². The van der Waals surface area contributed by atoms with E-state index < -0.39 is 35.6 Å². The third-order valence-corrected chi connectivity index (χ3v) is 8.55. The van der Waals surface area contributed by atoms with E-state index in [4.69, 9.17) is 9.47 Å². The molecule has 0 spiro atoms. The number of urea groups is 1. The Labute approximate surface area is 284 Å². The lowest BCUT2D eigenvalue weighted by Crippen LogP contribution is -2.68. The Morgan fingerprint density at radius 2 is 1.69 bits per heavy atom. The number of likely N-dealkylation sites (tertiary alicyclic amines) is 1. The van der Waals surface area contributed by atoms with Crippen molar-refractivity contribution in [3.8, 4) is 17.1 Å². The number of pyridine rings is 1. The smallest absolute Gasteiger partial charge is 0.416 e. The van der Waals surface area contributed by atoms with E-state index in [9.17, 15) is 19.2 Å². The molecule has 49 heavy (non-hydrogen) atoms. The van der Waals surface area contributed by atoms with E-state index in [1.165, 1.54) is 16.7 Å². The maximum atomic E-state index is 13.7. The van der Waals surface area contributed by atoms with Gasteiger partial charge in [-0.05, 0) is 69.5 Å². The quantitative estimate of drug-likeness (QED) is 0.241. The first-order chi connectivity index (χ1) is 23.4. The molecule has 2 aliphatic rings. The second-order valence-electron chi connectivity index (χ2n) is 13.2. The van der Waals surface area contributed by atoms with Gasteiger partial charge in [0.1, 0.15) is 23.2 Å². The summed E-state index contributed by atoms with van der Waals surface area (Å²) in [5, 5.41) is 8.63. The average molecular weight is 666 g/mol. The van der Waals surface area contributed by atoms with E-state index in [0.29, 0.717) is 36.0 Å². The van der Waals surface area contributed by atoms with Crippen LogP contribution in [0.15, 0.2) is 72.9 Å². The van der Waals surface area contributed by atoms with Crippen molar-refractivity contribution in [1.82, 2.24) is 29.5 Å². The molecule has 4 heterocycles. The van der Waals surface area contributed by atoms with Crippen LogP contribution in [0.5, 0.6) is 5.75 Å². The fourth-order valence-corrected chi connectivity index (χ4v) is 6.16. The van der Waals surface area contributed by atoms with Gasteiger partial charge in [0.2, 0.25) is 5.91 Å². The number of β-lactam (4-membered cyclic amide) rings is 1. The van der Waals surface area contributed by atoms with E-state index in [-0.39, 0.29) is 25.3 Å². The molecule has 1 saturated heterocycles. The zero-order chi connectivity index (χ0) is 34.9. The van der Waals surface area contributed by atoms with Crippen LogP contribution in [0.25, 0.3) is 11.4 Å². The highest BCUT2D eigenvalue weighted by Crippen LogP contribution is 2.34. The molecule has 2 aliphatic heterocycles. The molecule has 2 aromatic carbocycles. The van der Waals surface area contributed by atoms with Crippen LogP contribution < -0.4 is 9.64 Å². The van der Waals surface area contributed by atoms with Crippen LogP contribution in [0.3, 0.4) is 0 Å². The van der Waals surface area contributed by atoms with Crippen LogP contribution in [0.1, 0.15) is 44.6 Å². The van der Waals surface area contributed by atoms with E-state index in [1.807, 2.05) is 47.0 Å². The number of aromatic nitrogens is 4. The van der Waals surface area contributed by atoms with Crippen LogP contribution >= 0.6 is 0 Å². The van der Waals surface area contributed by atoms with Gasteiger partial charge >= 0.3 is 12.1 Å². The molecule has 0 radical (unpaired) electrons. The molecule has 13 nitrogen and oxygen atoms in total. The predicted molar refractivity (Wildman–Crippen MR) is 179 cm³/mol. The third kappa shape index (κ3) is 7.01. The molecule has 4 aromatic rings. The molecule has 2 atom stereocenters. The zero-order valence-electron chi connectivity index (χ0n) is 28.2. The van der Waals surface area contributed by atoms with Crippen LogP contribution in [0.2, 0.25) is 0 Å². The van der Waals surface area contributed by atoms with Crippen molar-refractivity contribution in [1.29, 1.82) is 0 Å². The molecule has 254 valence electrons. The monoisotopic (exact) mass is 665 g/mol. The minimum Gasteiger partial charge on any atom is -0.497 e. The second-order valence-corrected chi connectivity index (χ2v) is 13.2. The number of ether oxygens (including phenoxy) is 2. The van der Waals surface area contributed by atoms with Gasteiger partial charge in [-0.1, -0.05) is 42.5 Å². The van der Waals surface area contributed by atoms with Crippen LogP contribution in [-0.4, -0.2) is 78.7 Å². The lowest BCUT2D eigenvalue weighted by atomic mass is 9.80. The molecular weight excluding hydrogens is 626 g/mol. The molecule has 13 heteroatoms. The van der Waals surface area contributed by atoms with Gasteiger partial charge in [-0.25, -0.2) is 14.6 Å². The van der Waals surface area contributed by atoms with Crippen molar-refractivity contribution >= 4 is 29.6 Å². The number of hydrogen-bond donors (Lipinski definition) is 0. The number of fused-ring (bicyclic) bond motifs is 1. The summed E-state index contributed by atoms with van der Waals surface area (Å²) in [6.07, 6.45) is 1.15. The van der Waals surface area contributed by atoms with Gasteiger partial charge in [0.05, 0.1) is 26.1 Å². The number of carbonyl (C=O) groups is 4. The molecular formula is C36H39N7O6. The molecule has 0 N–H and O–H groups in total. The van der Waals surface area contributed by atoms with E-state index in [0.717, 1.165) is 21.9 Å². The van der Waals surface area contributed by atoms with Crippen molar-refractivity contribution in [3.63, 3.8) is 0 Å². The summed E-state index contributed by atoms with van der Waals surface area (Å²) in [6.45, 7) is 7.88. The number of anilines is 1. The highest BCUT2D eigenvalue weighted by atomic mass is 16.6. The summed E-state index contributed by atoms with van der Waals surface area (Å²) in [7, 11) is 1.58. The van der Waals surface area contributed by atoms with Gasteiger partial charge in [0.25, 0.3) is 0 Å². The van der Waals surface area contributed by atoms with Gasteiger partial charge in [-0.15, -0.1) is 10.2 Å². The Balaban J connectivity index is 1.18. The first-order valence-corrected chi connectivity index (χ1v) is 16.1. The molecule has 0 aliphatic carbocycles. The summed E-state index contributed by atoms with van der Waals surface area (Å²) in [5.41, 5.74) is 1.69. The van der Waals surface area contributed by atoms with Crippen molar-refractivity contribution in [2.75, 3.05) is 18.6 Å². The molecule has 2 aromatic heterocycles. The normalized spacial score (nSPS) is 17.2. The Morgan fingerprint density at radius 1 is 0.959 bits per heavy atom. The van der Waals surface area contributed by atoms with Gasteiger partial charge in [0.15, 0.2) is 17.4 Å². The molecule has 4 amide bonds. The fraction of sp³-hybridized carbons (Fsp3) is 0.361. The number of ketones is 1. The number of hydrogen-bond acceptors (Lipinski definition) is 9. The second kappa shape index (κ2) is 13.5. The van der Waals surface area contributed by atoms with E-state index in [1.54, 1.807) is 58.3 Å². The number of nitrogens with zero attached hydrogens (tertiary/aromatic N) is 7. The number of rotatable bonds is 8. The van der Waals surface area contributed by atoms with Crippen LogP contribution in [-0.2, 0) is 40.4 Å². The van der Waals surface area contributed by atoms with E-state index >= 15 is 0 Å². The predicted octanol–water partition coefficient (Wildman–Crippen LogP) is 4.88. The van der Waals surface area contributed by atoms with Gasteiger partial charge in [0, 0.05) is 24.8 Å². The van der Waals surface area contributed by atoms with Gasteiger partial charge < -0.3 is 18.9 Å². The average Bonchev–Trinajstić information content (AvgIpc) is 3.51. The maximum Gasteiger partial charge on any atom is 0.416 e. The standard InChI is InChI=1S/C36H39N7O6/c1-23(44)31-28(33(45)43(31)34(46)40-17-18-41-30(22-40)38-39-32(41)26-9-7-6-8-10-26)19-25-15-16-37-29(20-25)42(35(47)49-36(2,3)4)21-24-11-13-27(48-5)14-12-24/h6-16,20,28,31H,17-19,21-22H2,1-5H3/t28-,31-/m1/s1. The summed E-state index contributed by atoms with van der Waals surface area (Å²) < 4.78 is 12.9. The summed E-state index contributed by atoms with van der Waals surface area (Å²) in [6, 6.07) is 19.0. The van der Waals surface area contributed by atoms with Crippen molar-refractivity contribution in [3.05, 3.63) is 89.9 Å². The topological polar surface area (TPSA) is 140 Å². The van der Waals surface area contributed by atoms with Crippen molar-refractivity contribution < 1.29 is 28.7 Å². The van der Waals surface area contributed by atoms with Gasteiger partial charge in [-0.2, -0.15) is 0 Å². The highest BCUT2D eigenvalue weighted by Gasteiger charge is 2.54. The lowest BCUT2D eigenvalue weighted by Gasteiger charge is -2.46. The molecule has 0 bridgehead atoms. The Bertz CT molecular complexity index is 1870. The first-order valence-electron chi connectivity index (χ1n) is 16.1. The molecule has 0 saturated carbocycles. The minimum atomic E-state index is -0.919. The lowest BCUT2D eigenvalue weighted by molar-refractivity contribution is -0.157. The van der Waals surface area contributed by atoms with Crippen molar-refractivity contribution in [2.24, 2.45) is 5.92 Å². The highest BCUT2D eigenvalue weighted by molar-refractivity contribution is 6.09. The maximum absolute atomic E-state index is 13.7. The minimum absolute atomic E-state index is 0.167. The number of imide groups is 1. The molecule has 0 unspecified atom stereocenters. The third-order valence-electron chi connectivity index (χ3n) is 8.55. The summed E-state index contributed by atoms with van der Waals surface area (Å²) in [5.74, 6) is 0.883. The number of Topliss-reactive ketones (excluding diaryl/α,β-unsaturated/α-hetero) is 1. The first kappa shape index (κ1) is 33.3. The van der Waals surface area contributed by atoms with Gasteiger partial charge in [-0.3, -0.25) is 19.4 Å². The SMILES string of the molecule is COc1ccc(CN(C(=O)OC(C)(C)C)c2cc(C[C@H]3C(=O)N(C(=O)N4CCn5c(nnc5-c5ccccc5)C4)[C@@H]3C(C)=O)ccn2)cc1.